The van der Waals surface area contributed by atoms with Crippen molar-refractivity contribution in [2.75, 3.05) is 0 Å². The van der Waals surface area contributed by atoms with Crippen molar-refractivity contribution < 1.29 is 4.74 Å². The molecular weight excluding hydrogens is 172 g/mol. The first kappa shape index (κ1) is 11.1. The van der Waals surface area contributed by atoms with Gasteiger partial charge >= 0.3 is 0 Å². The Morgan fingerprint density at radius 2 is 1.79 bits per heavy atom. The van der Waals surface area contributed by atoms with Gasteiger partial charge < -0.3 is 4.74 Å². The van der Waals surface area contributed by atoms with Gasteiger partial charge in [-0.05, 0) is 31.4 Å². The molecule has 0 N–H and O–H groups in total. The van der Waals surface area contributed by atoms with Gasteiger partial charge in [-0.2, -0.15) is 0 Å². The molecule has 78 valence electrons. The lowest BCUT2D eigenvalue weighted by Gasteiger charge is -2.20. The Morgan fingerprint density at radius 3 is 2.36 bits per heavy atom. The van der Waals surface area contributed by atoms with E-state index in [0.717, 1.165) is 5.75 Å². The summed E-state index contributed by atoms with van der Waals surface area (Å²) in [5.74, 6) is 1.60. The number of ether oxygens (including phenoxy) is 1. The highest BCUT2D eigenvalue weighted by Gasteiger charge is 2.12. The fourth-order valence-corrected chi connectivity index (χ4v) is 1.52. The molecule has 2 atom stereocenters. The number of hydrogen-bond acceptors (Lipinski definition) is 1. The van der Waals surface area contributed by atoms with Crippen LogP contribution in [0.25, 0.3) is 0 Å². The smallest absolute Gasteiger partial charge is 0.119 e. The zero-order valence-electron chi connectivity index (χ0n) is 9.36. The first-order valence-corrected chi connectivity index (χ1v) is 5.45. The third kappa shape index (κ3) is 3.41. The zero-order chi connectivity index (χ0) is 10.4. The fraction of sp³-hybridized carbons (Fsp3) is 0.538. The van der Waals surface area contributed by atoms with Crippen molar-refractivity contribution in [1.29, 1.82) is 0 Å². The van der Waals surface area contributed by atoms with E-state index >= 15 is 0 Å². The minimum absolute atomic E-state index is 0.303. The van der Waals surface area contributed by atoms with E-state index < -0.39 is 0 Å². The van der Waals surface area contributed by atoms with Gasteiger partial charge in [0.2, 0.25) is 0 Å². The van der Waals surface area contributed by atoms with Crippen LogP contribution in [0.5, 0.6) is 5.75 Å². The molecule has 0 radical (unpaired) electrons. The van der Waals surface area contributed by atoms with Gasteiger partial charge in [0, 0.05) is 0 Å². The number of rotatable bonds is 5. The van der Waals surface area contributed by atoms with E-state index in [-0.39, 0.29) is 0 Å². The Labute approximate surface area is 87.1 Å². The lowest BCUT2D eigenvalue weighted by molar-refractivity contribution is 0.154. The predicted octanol–water partition coefficient (Wildman–Crippen LogP) is 3.89. The first-order chi connectivity index (χ1) is 6.74. The number of para-hydroxylation sites is 1. The van der Waals surface area contributed by atoms with E-state index in [1.165, 1.54) is 12.8 Å². The summed E-state index contributed by atoms with van der Waals surface area (Å²) in [6.45, 7) is 6.61. The van der Waals surface area contributed by atoms with Crippen LogP contribution in [0.2, 0.25) is 0 Å². The summed E-state index contributed by atoms with van der Waals surface area (Å²) in [5, 5.41) is 0. The van der Waals surface area contributed by atoms with E-state index in [1.807, 2.05) is 30.3 Å². The van der Waals surface area contributed by atoms with Gasteiger partial charge in [0.1, 0.15) is 5.75 Å². The normalized spacial score (nSPS) is 14.8. The Balaban J connectivity index is 2.44. The highest BCUT2D eigenvalue weighted by Crippen LogP contribution is 2.17. The van der Waals surface area contributed by atoms with Crippen LogP contribution in [-0.2, 0) is 0 Å². The Kier molecular flexibility index (Phi) is 4.51. The summed E-state index contributed by atoms with van der Waals surface area (Å²) in [6.07, 6.45) is 2.76. The summed E-state index contributed by atoms with van der Waals surface area (Å²) < 4.78 is 5.83. The molecule has 14 heavy (non-hydrogen) atoms. The summed E-state index contributed by atoms with van der Waals surface area (Å²) in [6, 6.07) is 10.0. The highest BCUT2D eigenvalue weighted by atomic mass is 16.5. The minimum atomic E-state index is 0.303. The molecule has 1 aromatic carbocycles. The molecule has 0 aliphatic heterocycles. The number of benzene rings is 1. The van der Waals surface area contributed by atoms with Gasteiger partial charge in [0.25, 0.3) is 0 Å². The van der Waals surface area contributed by atoms with Crippen molar-refractivity contribution >= 4 is 0 Å². The van der Waals surface area contributed by atoms with Gasteiger partial charge in [0.15, 0.2) is 0 Å². The topological polar surface area (TPSA) is 9.23 Å². The van der Waals surface area contributed by atoms with Gasteiger partial charge in [-0.1, -0.05) is 38.5 Å². The van der Waals surface area contributed by atoms with E-state index in [4.69, 9.17) is 4.74 Å². The molecule has 0 saturated carbocycles. The van der Waals surface area contributed by atoms with Crippen LogP contribution in [0.3, 0.4) is 0 Å². The second-order valence-electron chi connectivity index (χ2n) is 3.90. The maximum atomic E-state index is 5.83. The second kappa shape index (κ2) is 5.69. The molecule has 2 unspecified atom stereocenters. The molecule has 1 rings (SSSR count). The molecule has 0 spiro atoms. The largest absolute Gasteiger partial charge is 0.490 e. The molecule has 1 aromatic rings. The number of hydrogen-bond donors (Lipinski definition) is 0. The maximum absolute atomic E-state index is 5.83. The third-order valence-corrected chi connectivity index (χ3v) is 2.61. The van der Waals surface area contributed by atoms with Gasteiger partial charge in [-0.15, -0.1) is 0 Å². The van der Waals surface area contributed by atoms with Crippen LogP contribution in [0.1, 0.15) is 33.6 Å². The Bertz CT molecular complexity index is 243. The minimum Gasteiger partial charge on any atom is -0.490 e. The quantitative estimate of drug-likeness (QED) is 0.687. The average molecular weight is 192 g/mol. The predicted molar refractivity (Wildman–Crippen MR) is 60.6 cm³/mol. The van der Waals surface area contributed by atoms with Crippen LogP contribution in [0, 0.1) is 5.92 Å². The molecule has 0 amide bonds. The summed E-state index contributed by atoms with van der Waals surface area (Å²) >= 11 is 0. The summed E-state index contributed by atoms with van der Waals surface area (Å²) in [5.41, 5.74) is 0. The average Bonchev–Trinajstić information content (AvgIpc) is 2.19. The van der Waals surface area contributed by atoms with E-state index in [1.54, 1.807) is 0 Å². The van der Waals surface area contributed by atoms with Crippen LogP contribution in [0.4, 0.5) is 0 Å². The third-order valence-electron chi connectivity index (χ3n) is 2.61. The van der Waals surface area contributed by atoms with Crippen molar-refractivity contribution in [3.63, 3.8) is 0 Å². The monoisotopic (exact) mass is 192 g/mol. The molecular formula is C13H20O. The molecule has 0 heterocycles. The zero-order valence-corrected chi connectivity index (χ0v) is 9.36. The second-order valence-corrected chi connectivity index (χ2v) is 3.90. The summed E-state index contributed by atoms with van der Waals surface area (Å²) in [7, 11) is 0. The lowest BCUT2D eigenvalue weighted by Crippen LogP contribution is -2.21. The Hall–Kier alpha value is -0.980. The molecule has 0 aliphatic rings. The van der Waals surface area contributed by atoms with Gasteiger partial charge in [-0.3, -0.25) is 0 Å². The molecule has 1 nitrogen and oxygen atoms in total. The molecule has 0 bridgehead atoms. The van der Waals surface area contributed by atoms with Crippen LogP contribution in [-0.4, -0.2) is 6.10 Å². The van der Waals surface area contributed by atoms with E-state index in [0.29, 0.717) is 12.0 Å². The molecule has 0 aromatic heterocycles. The summed E-state index contributed by atoms with van der Waals surface area (Å²) in [4.78, 5) is 0. The van der Waals surface area contributed by atoms with Crippen molar-refractivity contribution in [2.45, 2.75) is 39.7 Å². The lowest BCUT2D eigenvalue weighted by atomic mass is 10.0. The van der Waals surface area contributed by atoms with E-state index in [9.17, 15) is 0 Å². The molecule has 0 fully saturated rings. The van der Waals surface area contributed by atoms with Crippen LogP contribution < -0.4 is 4.74 Å². The molecule has 0 aliphatic carbocycles. The molecule has 1 heteroatoms. The van der Waals surface area contributed by atoms with Crippen molar-refractivity contribution in [3.8, 4) is 5.75 Å². The van der Waals surface area contributed by atoms with Crippen molar-refractivity contribution in [2.24, 2.45) is 5.92 Å². The standard InChI is InChI=1S/C13H20O/c1-4-8-11(2)12(3)14-13-9-6-5-7-10-13/h5-7,9-12H,4,8H2,1-3H3. The molecule has 0 saturated heterocycles. The van der Waals surface area contributed by atoms with Crippen molar-refractivity contribution in [3.05, 3.63) is 30.3 Å². The van der Waals surface area contributed by atoms with E-state index in [2.05, 4.69) is 20.8 Å². The van der Waals surface area contributed by atoms with Gasteiger partial charge in [0.05, 0.1) is 6.10 Å². The first-order valence-electron chi connectivity index (χ1n) is 5.45. The maximum Gasteiger partial charge on any atom is 0.119 e. The highest BCUT2D eigenvalue weighted by molar-refractivity contribution is 5.21. The Morgan fingerprint density at radius 1 is 1.14 bits per heavy atom. The SMILES string of the molecule is CCCC(C)C(C)Oc1ccccc1. The van der Waals surface area contributed by atoms with Gasteiger partial charge in [-0.25, -0.2) is 0 Å². The van der Waals surface area contributed by atoms with Crippen LogP contribution in [0.15, 0.2) is 30.3 Å². The van der Waals surface area contributed by atoms with Crippen LogP contribution >= 0.6 is 0 Å². The fourth-order valence-electron chi connectivity index (χ4n) is 1.52. The van der Waals surface area contributed by atoms with Crippen molar-refractivity contribution in [1.82, 2.24) is 0 Å².